The number of hydrogen-bond donors (Lipinski definition) is 1. The van der Waals surface area contributed by atoms with Crippen molar-refractivity contribution in [2.45, 2.75) is 19.9 Å². The van der Waals surface area contributed by atoms with Gasteiger partial charge in [-0.15, -0.1) is 11.3 Å². The molecule has 1 unspecified atom stereocenters. The topological polar surface area (TPSA) is 12.0 Å². The molecule has 18 heavy (non-hydrogen) atoms. The smallest absolute Gasteiger partial charge is 0.0435 e. The van der Waals surface area contributed by atoms with Gasteiger partial charge in [0.25, 0.3) is 0 Å². The van der Waals surface area contributed by atoms with Crippen molar-refractivity contribution in [3.63, 3.8) is 0 Å². The molecule has 1 N–H and O–H groups in total. The maximum absolute atomic E-state index is 3.52. The molecule has 3 heteroatoms. The zero-order valence-electron chi connectivity index (χ0n) is 10.9. The first-order chi connectivity index (χ1) is 8.61. The Bertz CT molecular complexity index is 519. The molecule has 1 nitrogen and oxygen atoms in total. The van der Waals surface area contributed by atoms with Crippen LogP contribution in [0.15, 0.2) is 40.9 Å². The highest BCUT2D eigenvalue weighted by atomic mass is 79.9. The van der Waals surface area contributed by atoms with Gasteiger partial charge in [-0.2, -0.15) is 0 Å². The quantitative estimate of drug-likeness (QED) is 0.825. The van der Waals surface area contributed by atoms with E-state index in [1.165, 1.54) is 15.3 Å². The van der Waals surface area contributed by atoms with Crippen molar-refractivity contribution < 1.29 is 0 Å². The van der Waals surface area contributed by atoms with Crippen molar-refractivity contribution in [3.05, 3.63) is 45.7 Å². The first kappa shape index (κ1) is 13.8. The number of nitrogens with one attached hydrogen (secondary N) is 1. The third-order valence-corrected chi connectivity index (χ3v) is 4.73. The van der Waals surface area contributed by atoms with Gasteiger partial charge in [-0.05, 0) is 42.8 Å². The summed E-state index contributed by atoms with van der Waals surface area (Å²) in [6.45, 7) is 4.50. The number of benzene rings is 1. The Morgan fingerprint density at radius 2 is 1.94 bits per heavy atom. The summed E-state index contributed by atoms with van der Waals surface area (Å²) in [6, 6.07) is 13.4. The molecule has 0 spiro atoms. The van der Waals surface area contributed by atoms with Gasteiger partial charge < -0.3 is 5.32 Å². The molecular formula is C15H18BrNS. The highest BCUT2D eigenvalue weighted by molar-refractivity contribution is 9.10. The molecule has 0 saturated heterocycles. The predicted molar refractivity (Wildman–Crippen MR) is 84.1 cm³/mol. The third kappa shape index (κ3) is 3.02. The maximum atomic E-state index is 3.52. The molecule has 2 rings (SSSR count). The summed E-state index contributed by atoms with van der Waals surface area (Å²) < 4.78 is 1.13. The molecule has 0 aliphatic heterocycles. The zero-order valence-corrected chi connectivity index (χ0v) is 13.3. The molecule has 0 saturated carbocycles. The number of halogens is 1. The van der Waals surface area contributed by atoms with Gasteiger partial charge in [-0.1, -0.05) is 41.9 Å². The lowest BCUT2D eigenvalue weighted by atomic mass is 10.0. The molecule has 1 aromatic heterocycles. The normalized spacial score (nSPS) is 12.9. The summed E-state index contributed by atoms with van der Waals surface area (Å²) in [5, 5.41) is 3.40. The van der Waals surface area contributed by atoms with Crippen molar-refractivity contribution in [2.75, 3.05) is 7.05 Å². The number of hydrogen-bond acceptors (Lipinski definition) is 2. The van der Waals surface area contributed by atoms with Crippen molar-refractivity contribution >= 4 is 27.3 Å². The summed E-state index contributed by atoms with van der Waals surface area (Å²) in [5.74, 6) is 0.601. The SMILES string of the molecule is CNC(c1ccc(-c2cccc(Br)c2)s1)C(C)C. The Morgan fingerprint density at radius 1 is 1.17 bits per heavy atom. The van der Waals surface area contributed by atoms with Crippen LogP contribution in [0.2, 0.25) is 0 Å². The molecule has 0 aliphatic rings. The van der Waals surface area contributed by atoms with E-state index in [1.54, 1.807) is 0 Å². The van der Waals surface area contributed by atoms with Gasteiger partial charge in [0.2, 0.25) is 0 Å². The highest BCUT2D eigenvalue weighted by Gasteiger charge is 2.15. The minimum Gasteiger partial charge on any atom is -0.312 e. The monoisotopic (exact) mass is 323 g/mol. The van der Waals surface area contributed by atoms with Gasteiger partial charge in [-0.25, -0.2) is 0 Å². The van der Waals surface area contributed by atoms with Crippen LogP contribution in [0.4, 0.5) is 0 Å². The number of rotatable bonds is 4. The van der Waals surface area contributed by atoms with E-state index >= 15 is 0 Å². The van der Waals surface area contributed by atoms with Crippen LogP contribution in [0, 0.1) is 5.92 Å². The Hall–Kier alpha value is -0.640. The summed E-state index contributed by atoms with van der Waals surface area (Å²) in [4.78, 5) is 2.73. The molecule has 96 valence electrons. The Morgan fingerprint density at radius 3 is 2.56 bits per heavy atom. The van der Waals surface area contributed by atoms with Gasteiger partial charge >= 0.3 is 0 Å². The second-order valence-corrected chi connectivity index (χ2v) is 6.75. The van der Waals surface area contributed by atoms with Crippen molar-refractivity contribution in [3.8, 4) is 10.4 Å². The molecule has 0 fully saturated rings. The fraction of sp³-hybridized carbons (Fsp3) is 0.333. The van der Waals surface area contributed by atoms with E-state index < -0.39 is 0 Å². The molecule has 0 aliphatic carbocycles. The van der Waals surface area contributed by atoms with E-state index in [0.29, 0.717) is 12.0 Å². The fourth-order valence-electron chi connectivity index (χ4n) is 2.12. The van der Waals surface area contributed by atoms with Crippen LogP contribution < -0.4 is 5.32 Å². The summed E-state index contributed by atoms with van der Waals surface area (Å²) in [6.07, 6.45) is 0. The zero-order chi connectivity index (χ0) is 13.1. The predicted octanol–water partition coefficient (Wildman–Crippen LogP) is 5.09. The molecule has 1 heterocycles. The van der Waals surface area contributed by atoms with Gasteiger partial charge in [0.15, 0.2) is 0 Å². The lowest BCUT2D eigenvalue weighted by Crippen LogP contribution is -2.20. The van der Waals surface area contributed by atoms with E-state index in [0.717, 1.165) is 4.47 Å². The highest BCUT2D eigenvalue weighted by Crippen LogP contribution is 2.34. The minimum absolute atomic E-state index is 0.441. The standard InChI is InChI=1S/C15H18BrNS/c1-10(2)15(17-3)14-8-7-13(18-14)11-5-4-6-12(16)9-11/h4-10,15,17H,1-3H3. The second kappa shape index (κ2) is 6.00. The van der Waals surface area contributed by atoms with Gasteiger partial charge in [-0.3, -0.25) is 0 Å². The molecule has 0 bridgehead atoms. The van der Waals surface area contributed by atoms with E-state index in [-0.39, 0.29) is 0 Å². The van der Waals surface area contributed by atoms with Crippen LogP contribution in [0.1, 0.15) is 24.8 Å². The van der Waals surface area contributed by atoms with E-state index in [4.69, 9.17) is 0 Å². The van der Waals surface area contributed by atoms with E-state index in [1.807, 2.05) is 18.4 Å². The van der Waals surface area contributed by atoms with Crippen molar-refractivity contribution in [2.24, 2.45) is 5.92 Å². The van der Waals surface area contributed by atoms with Crippen LogP contribution in [0.5, 0.6) is 0 Å². The Labute approximate surface area is 121 Å². The second-order valence-electron chi connectivity index (χ2n) is 4.72. The third-order valence-electron chi connectivity index (χ3n) is 3.02. The lowest BCUT2D eigenvalue weighted by molar-refractivity contribution is 0.449. The maximum Gasteiger partial charge on any atom is 0.0435 e. The van der Waals surface area contributed by atoms with Crippen LogP contribution in [-0.4, -0.2) is 7.05 Å². The summed E-state index contributed by atoms with van der Waals surface area (Å²) in [5.41, 5.74) is 1.28. The van der Waals surface area contributed by atoms with Gasteiger partial charge in [0, 0.05) is 20.3 Å². The molecular weight excluding hydrogens is 306 g/mol. The average molecular weight is 324 g/mol. The average Bonchev–Trinajstić information content (AvgIpc) is 2.79. The molecule has 1 aromatic carbocycles. The molecule has 0 radical (unpaired) electrons. The van der Waals surface area contributed by atoms with Gasteiger partial charge in [0.05, 0.1) is 0 Å². The molecule has 0 amide bonds. The first-order valence-corrected chi connectivity index (χ1v) is 7.75. The summed E-state index contributed by atoms with van der Waals surface area (Å²) >= 11 is 5.40. The largest absolute Gasteiger partial charge is 0.312 e. The van der Waals surface area contributed by atoms with Crippen LogP contribution in [0.3, 0.4) is 0 Å². The molecule has 1 atom stereocenters. The first-order valence-electron chi connectivity index (χ1n) is 6.14. The minimum atomic E-state index is 0.441. The number of thiophene rings is 1. The van der Waals surface area contributed by atoms with Crippen molar-refractivity contribution in [1.29, 1.82) is 0 Å². The van der Waals surface area contributed by atoms with Crippen LogP contribution >= 0.6 is 27.3 Å². The summed E-state index contributed by atoms with van der Waals surface area (Å²) in [7, 11) is 2.03. The van der Waals surface area contributed by atoms with Crippen LogP contribution in [0.25, 0.3) is 10.4 Å². The lowest BCUT2D eigenvalue weighted by Gasteiger charge is -2.18. The van der Waals surface area contributed by atoms with Crippen molar-refractivity contribution in [1.82, 2.24) is 5.32 Å². The fourth-order valence-corrected chi connectivity index (χ4v) is 3.81. The molecule has 2 aromatic rings. The Kier molecular flexibility index (Phi) is 4.60. The van der Waals surface area contributed by atoms with Gasteiger partial charge in [0.1, 0.15) is 0 Å². The van der Waals surface area contributed by atoms with E-state index in [9.17, 15) is 0 Å². The van der Waals surface area contributed by atoms with Crippen LogP contribution in [-0.2, 0) is 0 Å². The Balaban J connectivity index is 2.30. The van der Waals surface area contributed by atoms with E-state index in [2.05, 4.69) is 71.5 Å².